The second kappa shape index (κ2) is 5.24. The second-order valence-corrected chi connectivity index (χ2v) is 4.64. The predicted octanol–water partition coefficient (Wildman–Crippen LogP) is 1.43. The molecule has 0 aliphatic carbocycles. The monoisotopic (exact) mass is 282 g/mol. The van der Waals surface area contributed by atoms with E-state index in [4.69, 9.17) is 10.5 Å². The fourth-order valence-electron chi connectivity index (χ4n) is 2.14. The number of fused-ring (bicyclic) bond motifs is 1. The quantitative estimate of drug-likeness (QED) is 0.785. The maximum Gasteiger partial charge on any atom is 0.253 e. The summed E-state index contributed by atoms with van der Waals surface area (Å²) in [5.41, 5.74) is 7.40. The molecule has 0 saturated carbocycles. The zero-order valence-corrected chi connectivity index (χ0v) is 11.5. The molecule has 6 nitrogen and oxygen atoms in total. The minimum Gasteiger partial charge on any atom is -0.497 e. The predicted molar refractivity (Wildman–Crippen MR) is 80.3 cm³/mol. The van der Waals surface area contributed by atoms with Gasteiger partial charge in [-0.15, -0.1) is 0 Å². The number of aromatic nitrogens is 3. The molecule has 0 bridgehead atoms. The van der Waals surface area contributed by atoms with Gasteiger partial charge in [0.2, 0.25) is 0 Å². The Morgan fingerprint density at radius 1 is 1.29 bits per heavy atom. The van der Waals surface area contributed by atoms with Crippen molar-refractivity contribution >= 4 is 16.7 Å². The van der Waals surface area contributed by atoms with Gasteiger partial charge in [-0.05, 0) is 18.2 Å². The van der Waals surface area contributed by atoms with E-state index < -0.39 is 0 Å². The van der Waals surface area contributed by atoms with Crippen molar-refractivity contribution < 1.29 is 4.74 Å². The highest BCUT2D eigenvalue weighted by Crippen LogP contribution is 2.23. The van der Waals surface area contributed by atoms with Crippen molar-refractivity contribution in [3.05, 3.63) is 58.8 Å². The minimum atomic E-state index is -0.126. The number of ether oxygens (including phenoxy) is 1. The third kappa shape index (κ3) is 2.55. The highest BCUT2D eigenvalue weighted by molar-refractivity contribution is 5.82. The van der Waals surface area contributed by atoms with Crippen LogP contribution < -0.4 is 16.0 Å². The van der Waals surface area contributed by atoms with Crippen LogP contribution in [0.2, 0.25) is 0 Å². The fraction of sp³-hybridized carbons (Fsp3) is 0.133. The molecule has 2 N–H and O–H groups in total. The summed E-state index contributed by atoms with van der Waals surface area (Å²) in [6.07, 6.45) is 2.95. The number of hydrogen-bond acceptors (Lipinski definition) is 5. The summed E-state index contributed by atoms with van der Waals surface area (Å²) in [6.45, 7) is 0.341. The van der Waals surface area contributed by atoms with E-state index in [9.17, 15) is 4.79 Å². The molecule has 1 aromatic carbocycles. The molecule has 0 aliphatic heterocycles. The van der Waals surface area contributed by atoms with Gasteiger partial charge in [0.05, 0.1) is 25.5 Å². The number of nitrogen functional groups attached to an aromatic ring is 1. The molecule has 0 atom stereocenters. The molecular weight excluding hydrogens is 268 g/mol. The highest BCUT2D eigenvalue weighted by Gasteiger charge is 2.07. The van der Waals surface area contributed by atoms with Crippen molar-refractivity contribution in [1.29, 1.82) is 0 Å². The van der Waals surface area contributed by atoms with Crippen molar-refractivity contribution in [2.75, 3.05) is 12.8 Å². The Kier molecular flexibility index (Phi) is 3.27. The van der Waals surface area contributed by atoms with Gasteiger partial charge in [-0.3, -0.25) is 9.36 Å². The Bertz CT molecular complexity index is 858. The lowest BCUT2D eigenvalue weighted by Crippen LogP contribution is -2.20. The number of anilines is 1. The zero-order chi connectivity index (χ0) is 14.8. The van der Waals surface area contributed by atoms with E-state index in [-0.39, 0.29) is 5.56 Å². The summed E-state index contributed by atoms with van der Waals surface area (Å²) in [6, 6.07) is 8.94. The van der Waals surface area contributed by atoms with E-state index in [2.05, 4.69) is 9.97 Å². The number of nitrogens with two attached hydrogens (primary N) is 1. The van der Waals surface area contributed by atoms with Gasteiger partial charge in [0, 0.05) is 29.3 Å². The van der Waals surface area contributed by atoms with Gasteiger partial charge in [-0.2, -0.15) is 0 Å². The maximum absolute atomic E-state index is 11.7. The number of benzene rings is 1. The number of hydrogen-bond donors (Lipinski definition) is 1. The van der Waals surface area contributed by atoms with E-state index in [0.29, 0.717) is 12.4 Å². The molecule has 0 aliphatic rings. The Morgan fingerprint density at radius 3 is 2.90 bits per heavy atom. The lowest BCUT2D eigenvalue weighted by atomic mass is 10.1. The normalized spacial score (nSPS) is 10.7. The SMILES string of the molecule is COc1ccc2cc(Cn3cnccc3=O)c(N)nc2c1. The molecule has 2 aromatic heterocycles. The van der Waals surface area contributed by atoms with Crippen molar-refractivity contribution in [2.45, 2.75) is 6.54 Å². The molecule has 0 saturated heterocycles. The molecule has 0 fully saturated rings. The van der Waals surface area contributed by atoms with E-state index in [1.54, 1.807) is 7.11 Å². The van der Waals surface area contributed by atoms with Gasteiger partial charge in [0.25, 0.3) is 5.56 Å². The topological polar surface area (TPSA) is 83.0 Å². The Hall–Kier alpha value is -2.89. The number of nitrogens with zero attached hydrogens (tertiary/aromatic N) is 3. The van der Waals surface area contributed by atoms with Gasteiger partial charge in [0.1, 0.15) is 11.6 Å². The summed E-state index contributed by atoms with van der Waals surface area (Å²) >= 11 is 0. The first-order valence-electron chi connectivity index (χ1n) is 6.41. The summed E-state index contributed by atoms with van der Waals surface area (Å²) in [4.78, 5) is 20.0. The first kappa shape index (κ1) is 13.1. The molecule has 0 unspecified atom stereocenters. The minimum absolute atomic E-state index is 0.126. The molecule has 2 heterocycles. The Labute approximate surface area is 120 Å². The molecule has 6 heteroatoms. The van der Waals surface area contributed by atoms with E-state index in [0.717, 1.165) is 22.2 Å². The van der Waals surface area contributed by atoms with Crippen LogP contribution in [0, 0.1) is 0 Å². The summed E-state index contributed by atoms with van der Waals surface area (Å²) in [7, 11) is 1.60. The molecule has 0 amide bonds. The second-order valence-electron chi connectivity index (χ2n) is 4.64. The first-order chi connectivity index (χ1) is 10.2. The van der Waals surface area contributed by atoms with Crippen LogP contribution in [0.3, 0.4) is 0 Å². The average Bonchev–Trinajstić information content (AvgIpc) is 2.49. The zero-order valence-electron chi connectivity index (χ0n) is 11.5. The molecule has 3 rings (SSSR count). The number of pyridine rings is 1. The highest BCUT2D eigenvalue weighted by atomic mass is 16.5. The Balaban J connectivity index is 2.05. The smallest absolute Gasteiger partial charge is 0.253 e. The lowest BCUT2D eigenvalue weighted by Gasteiger charge is -2.09. The largest absolute Gasteiger partial charge is 0.497 e. The summed E-state index contributed by atoms with van der Waals surface area (Å²) < 4.78 is 6.66. The van der Waals surface area contributed by atoms with Crippen molar-refractivity contribution in [1.82, 2.24) is 14.5 Å². The van der Waals surface area contributed by atoms with E-state index in [1.807, 2.05) is 24.3 Å². The standard InChI is InChI=1S/C15H14N4O2/c1-21-12-3-2-10-6-11(15(16)18-13(10)7-12)8-19-9-17-5-4-14(19)20/h2-7,9H,8H2,1H3,(H2,16,18). The van der Waals surface area contributed by atoms with Crippen LogP contribution in [-0.2, 0) is 6.54 Å². The van der Waals surface area contributed by atoms with Gasteiger partial charge >= 0.3 is 0 Å². The van der Waals surface area contributed by atoms with Crippen LogP contribution in [0.4, 0.5) is 5.82 Å². The maximum atomic E-state index is 11.7. The van der Waals surface area contributed by atoms with Gasteiger partial charge in [-0.1, -0.05) is 0 Å². The van der Waals surface area contributed by atoms with E-state index >= 15 is 0 Å². The molecule has 0 spiro atoms. The third-order valence-electron chi connectivity index (χ3n) is 3.27. The van der Waals surface area contributed by atoms with Gasteiger partial charge < -0.3 is 10.5 Å². The number of rotatable bonds is 3. The molecule has 106 valence electrons. The summed E-state index contributed by atoms with van der Waals surface area (Å²) in [5.74, 6) is 1.12. The van der Waals surface area contributed by atoms with Crippen LogP contribution in [0.1, 0.15) is 5.56 Å². The third-order valence-corrected chi connectivity index (χ3v) is 3.27. The lowest BCUT2D eigenvalue weighted by molar-refractivity contribution is 0.415. The van der Waals surface area contributed by atoms with Crippen LogP contribution in [-0.4, -0.2) is 21.6 Å². The van der Waals surface area contributed by atoms with E-state index in [1.165, 1.54) is 23.2 Å². The molecular formula is C15H14N4O2. The van der Waals surface area contributed by atoms with Crippen molar-refractivity contribution in [3.8, 4) is 5.75 Å². The van der Waals surface area contributed by atoms with Crippen molar-refractivity contribution in [2.24, 2.45) is 0 Å². The average molecular weight is 282 g/mol. The fourth-order valence-corrected chi connectivity index (χ4v) is 2.14. The van der Waals surface area contributed by atoms with Crippen LogP contribution >= 0.6 is 0 Å². The van der Waals surface area contributed by atoms with Crippen molar-refractivity contribution in [3.63, 3.8) is 0 Å². The first-order valence-corrected chi connectivity index (χ1v) is 6.41. The Morgan fingerprint density at radius 2 is 2.14 bits per heavy atom. The molecule has 21 heavy (non-hydrogen) atoms. The summed E-state index contributed by atoms with van der Waals surface area (Å²) in [5, 5.41) is 0.942. The van der Waals surface area contributed by atoms with Crippen LogP contribution in [0.15, 0.2) is 47.7 Å². The van der Waals surface area contributed by atoms with Crippen LogP contribution in [0.5, 0.6) is 5.75 Å². The van der Waals surface area contributed by atoms with Gasteiger partial charge in [-0.25, -0.2) is 9.97 Å². The molecule has 0 radical (unpaired) electrons. The molecule has 3 aromatic rings. The van der Waals surface area contributed by atoms with Crippen LogP contribution in [0.25, 0.3) is 10.9 Å². The van der Waals surface area contributed by atoms with Gasteiger partial charge in [0.15, 0.2) is 0 Å². The number of methoxy groups -OCH3 is 1.